The van der Waals surface area contributed by atoms with E-state index in [9.17, 15) is 0 Å². The first-order valence-electron chi connectivity index (χ1n) is 17.5. The minimum absolute atomic E-state index is 0.804. The van der Waals surface area contributed by atoms with Crippen LogP contribution in [0.3, 0.4) is 0 Å². The third kappa shape index (κ3) is 5.09. The molecular formula is C48H30N4. The Morgan fingerprint density at radius 3 is 1.62 bits per heavy atom. The van der Waals surface area contributed by atoms with Gasteiger partial charge in [-0.3, -0.25) is 9.97 Å². The maximum Gasteiger partial charge on any atom is 0.0900 e. The molecule has 0 bridgehead atoms. The van der Waals surface area contributed by atoms with Crippen molar-refractivity contribution in [2.24, 2.45) is 0 Å². The number of nitrogens with zero attached hydrogens (tertiary/aromatic N) is 4. The van der Waals surface area contributed by atoms with Crippen molar-refractivity contribution in [2.45, 2.75) is 0 Å². The van der Waals surface area contributed by atoms with Crippen molar-refractivity contribution in [3.8, 4) is 56.3 Å². The Hall–Kier alpha value is -7.04. The van der Waals surface area contributed by atoms with Gasteiger partial charge >= 0.3 is 0 Å². The average molecular weight is 663 g/mol. The van der Waals surface area contributed by atoms with Gasteiger partial charge in [-0.2, -0.15) is 0 Å². The number of rotatable bonds is 5. The molecule has 0 aliphatic carbocycles. The highest BCUT2D eigenvalue weighted by Gasteiger charge is 2.18. The van der Waals surface area contributed by atoms with Crippen molar-refractivity contribution in [2.75, 3.05) is 0 Å². The molecule has 0 spiro atoms. The molecule has 4 nitrogen and oxygen atoms in total. The summed E-state index contributed by atoms with van der Waals surface area (Å²) in [5.41, 5.74) is 10.7. The van der Waals surface area contributed by atoms with E-state index in [0.29, 0.717) is 0 Å². The molecule has 10 rings (SSSR count). The van der Waals surface area contributed by atoms with E-state index in [0.717, 1.165) is 67.0 Å². The van der Waals surface area contributed by atoms with Gasteiger partial charge in [-0.1, -0.05) is 133 Å². The zero-order valence-electron chi connectivity index (χ0n) is 28.1. The van der Waals surface area contributed by atoms with Gasteiger partial charge in [0.1, 0.15) is 0 Å². The molecule has 10 aromatic rings. The summed E-state index contributed by atoms with van der Waals surface area (Å²) in [5, 5.41) is 8.37. The van der Waals surface area contributed by atoms with E-state index in [2.05, 4.69) is 143 Å². The third-order valence-corrected chi connectivity index (χ3v) is 9.96. The molecule has 0 fully saturated rings. The zero-order valence-corrected chi connectivity index (χ0v) is 28.1. The van der Waals surface area contributed by atoms with Gasteiger partial charge in [0.2, 0.25) is 0 Å². The highest BCUT2D eigenvalue weighted by molar-refractivity contribution is 6.24. The second kappa shape index (κ2) is 12.4. The number of aromatic nitrogens is 4. The Morgan fingerprint density at radius 1 is 0.327 bits per heavy atom. The summed E-state index contributed by atoms with van der Waals surface area (Å²) in [6.07, 6.45) is 3.60. The Morgan fingerprint density at radius 2 is 0.904 bits per heavy atom. The van der Waals surface area contributed by atoms with Crippen LogP contribution in [0.5, 0.6) is 0 Å². The standard InChI is InChI=1S/C48H30N4/c1-3-14-36-32(11-1)13-9-16-38(36)39-17-10-18-40-46-37-15-4-2-12-33(37)25-26-41(46)47(52-48(39)40)34-23-21-31(22-24-34)35-29-44(42-19-5-7-27-49-42)51-45(30-35)43-20-6-8-28-50-43/h1-30H. The molecule has 0 saturated heterocycles. The molecule has 4 heterocycles. The lowest BCUT2D eigenvalue weighted by molar-refractivity contribution is 1.22. The number of pyridine rings is 4. The van der Waals surface area contributed by atoms with Crippen LogP contribution in [0.25, 0.3) is 99.5 Å². The van der Waals surface area contributed by atoms with Crippen LogP contribution in [0.2, 0.25) is 0 Å². The molecule has 0 N–H and O–H groups in total. The summed E-state index contributed by atoms with van der Waals surface area (Å²) in [6.45, 7) is 0. The lowest BCUT2D eigenvalue weighted by Gasteiger charge is -2.16. The third-order valence-electron chi connectivity index (χ3n) is 9.96. The predicted molar refractivity (Wildman–Crippen MR) is 215 cm³/mol. The first-order valence-corrected chi connectivity index (χ1v) is 17.5. The highest BCUT2D eigenvalue weighted by atomic mass is 14.8. The van der Waals surface area contributed by atoms with Crippen LogP contribution < -0.4 is 0 Å². The average Bonchev–Trinajstić information content (AvgIpc) is 3.23. The molecule has 4 heteroatoms. The van der Waals surface area contributed by atoms with Gasteiger partial charge in [0.25, 0.3) is 0 Å². The van der Waals surface area contributed by atoms with Gasteiger partial charge in [0.15, 0.2) is 0 Å². The van der Waals surface area contributed by atoms with E-state index in [-0.39, 0.29) is 0 Å². The van der Waals surface area contributed by atoms with Crippen molar-refractivity contribution in [1.82, 2.24) is 19.9 Å². The SMILES string of the molecule is c1ccc(-c2cc(-c3ccc(-c4nc5c(-c6cccc7ccccc67)cccc5c5c4ccc4ccccc45)cc3)cc(-c3ccccn3)n2)nc1. The molecule has 6 aromatic carbocycles. The Labute approximate surface area is 300 Å². The van der Waals surface area contributed by atoms with Crippen LogP contribution in [0, 0.1) is 0 Å². The van der Waals surface area contributed by atoms with Crippen molar-refractivity contribution in [1.29, 1.82) is 0 Å². The van der Waals surface area contributed by atoms with Gasteiger partial charge in [0, 0.05) is 39.7 Å². The molecule has 4 aromatic heterocycles. The smallest absolute Gasteiger partial charge is 0.0900 e. The predicted octanol–water partition coefficient (Wildman–Crippen LogP) is 12.2. The topological polar surface area (TPSA) is 51.6 Å². The maximum atomic E-state index is 5.55. The van der Waals surface area contributed by atoms with Gasteiger partial charge in [-0.05, 0) is 74.6 Å². The number of para-hydroxylation sites is 1. The van der Waals surface area contributed by atoms with Gasteiger partial charge in [-0.25, -0.2) is 9.97 Å². The van der Waals surface area contributed by atoms with Crippen LogP contribution in [-0.4, -0.2) is 19.9 Å². The van der Waals surface area contributed by atoms with Crippen molar-refractivity contribution >= 4 is 43.2 Å². The van der Waals surface area contributed by atoms with E-state index in [1.165, 1.54) is 32.5 Å². The first-order chi connectivity index (χ1) is 25.8. The van der Waals surface area contributed by atoms with E-state index in [1.54, 1.807) is 12.4 Å². The number of hydrogen-bond donors (Lipinski definition) is 0. The number of hydrogen-bond acceptors (Lipinski definition) is 4. The largest absolute Gasteiger partial charge is 0.255 e. The molecule has 0 saturated carbocycles. The van der Waals surface area contributed by atoms with Crippen LogP contribution in [0.1, 0.15) is 0 Å². The molecular weight excluding hydrogens is 633 g/mol. The second-order valence-corrected chi connectivity index (χ2v) is 13.0. The van der Waals surface area contributed by atoms with Crippen molar-refractivity contribution in [3.63, 3.8) is 0 Å². The van der Waals surface area contributed by atoms with Crippen LogP contribution in [0.4, 0.5) is 0 Å². The van der Waals surface area contributed by atoms with Gasteiger partial charge in [-0.15, -0.1) is 0 Å². The Balaban J connectivity index is 1.18. The fourth-order valence-electron chi connectivity index (χ4n) is 7.50. The summed E-state index contributed by atoms with van der Waals surface area (Å²) >= 11 is 0. The summed E-state index contributed by atoms with van der Waals surface area (Å²) in [5.74, 6) is 0. The highest BCUT2D eigenvalue weighted by Crippen LogP contribution is 2.41. The lowest BCUT2D eigenvalue weighted by Crippen LogP contribution is -1.95. The number of fused-ring (bicyclic) bond motifs is 6. The lowest BCUT2D eigenvalue weighted by atomic mass is 9.91. The normalized spacial score (nSPS) is 11.5. The number of benzene rings is 6. The Bertz CT molecular complexity index is 2880. The van der Waals surface area contributed by atoms with Gasteiger partial charge in [0.05, 0.1) is 34.0 Å². The van der Waals surface area contributed by atoms with Crippen LogP contribution in [-0.2, 0) is 0 Å². The fourth-order valence-corrected chi connectivity index (χ4v) is 7.50. The maximum absolute atomic E-state index is 5.55. The van der Waals surface area contributed by atoms with E-state index < -0.39 is 0 Å². The minimum Gasteiger partial charge on any atom is -0.255 e. The minimum atomic E-state index is 0.804. The summed E-state index contributed by atoms with van der Waals surface area (Å²) in [4.78, 5) is 19.7. The molecule has 242 valence electrons. The van der Waals surface area contributed by atoms with E-state index in [4.69, 9.17) is 9.97 Å². The van der Waals surface area contributed by atoms with E-state index >= 15 is 0 Å². The summed E-state index contributed by atoms with van der Waals surface area (Å²) in [7, 11) is 0. The molecule has 0 unspecified atom stereocenters. The quantitative estimate of drug-likeness (QED) is 0.172. The molecule has 0 atom stereocenters. The van der Waals surface area contributed by atoms with Gasteiger partial charge < -0.3 is 0 Å². The van der Waals surface area contributed by atoms with Crippen LogP contribution >= 0.6 is 0 Å². The monoisotopic (exact) mass is 662 g/mol. The van der Waals surface area contributed by atoms with Crippen molar-refractivity contribution in [3.05, 3.63) is 182 Å². The molecule has 52 heavy (non-hydrogen) atoms. The second-order valence-electron chi connectivity index (χ2n) is 13.0. The van der Waals surface area contributed by atoms with E-state index in [1.807, 2.05) is 36.4 Å². The zero-order chi connectivity index (χ0) is 34.4. The fraction of sp³-hybridized carbons (Fsp3) is 0. The first kappa shape index (κ1) is 29.8. The molecule has 0 aliphatic heterocycles. The summed E-state index contributed by atoms with van der Waals surface area (Å²) < 4.78 is 0. The molecule has 0 aliphatic rings. The Kier molecular flexibility index (Phi) is 7.10. The van der Waals surface area contributed by atoms with Crippen LogP contribution in [0.15, 0.2) is 182 Å². The molecule has 0 radical (unpaired) electrons. The summed E-state index contributed by atoms with van der Waals surface area (Å²) in [6, 6.07) is 59.6. The molecule has 0 amide bonds. The van der Waals surface area contributed by atoms with Crippen molar-refractivity contribution < 1.29 is 0 Å².